The van der Waals surface area contributed by atoms with E-state index < -0.39 is 0 Å². The van der Waals surface area contributed by atoms with Crippen LogP contribution in [-0.4, -0.2) is 19.2 Å². The van der Waals surface area contributed by atoms with Crippen LogP contribution in [0.4, 0.5) is 0 Å². The van der Waals surface area contributed by atoms with Gasteiger partial charge in [0.25, 0.3) is 0 Å². The van der Waals surface area contributed by atoms with Crippen LogP contribution in [0.15, 0.2) is 24.3 Å². The third kappa shape index (κ3) is 7.54. The van der Waals surface area contributed by atoms with E-state index in [1.165, 1.54) is 18.4 Å². The van der Waals surface area contributed by atoms with Crippen molar-refractivity contribution in [1.29, 1.82) is 0 Å². The first kappa shape index (κ1) is 17.0. The summed E-state index contributed by atoms with van der Waals surface area (Å²) in [5, 5.41) is 3.52. The molecule has 1 rings (SSSR count). The highest BCUT2D eigenvalue weighted by Crippen LogP contribution is 2.14. The molecule has 1 aromatic rings. The van der Waals surface area contributed by atoms with Crippen molar-refractivity contribution in [2.75, 3.05) is 13.2 Å². The van der Waals surface area contributed by atoms with E-state index in [4.69, 9.17) is 4.74 Å². The molecule has 0 amide bonds. The molecule has 0 aliphatic heterocycles. The molecule has 0 bridgehead atoms. The van der Waals surface area contributed by atoms with E-state index >= 15 is 0 Å². The summed E-state index contributed by atoms with van der Waals surface area (Å²) in [6.07, 6.45) is 4.64. The molecule has 1 N–H and O–H groups in total. The van der Waals surface area contributed by atoms with Gasteiger partial charge in [0.05, 0.1) is 6.61 Å². The topological polar surface area (TPSA) is 21.3 Å². The van der Waals surface area contributed by atoms with Crippen LogP contribution in [0.3, 0.4) is 0 Å². The highest BCUT2D eigenvalue weighted by atomic mass is 16.5. The maximum absolute atomic E-state index is 5.77. The summed E-state index contributed by atoms with van der Waals surface area (Å²) in [7, 11) is 0. The van der Waals surface area contributed by atoms with E-state index in [0.717, 1.165) is 37.7 Å². The molecule has 0 saturated carbocycles. The lowest BCUT2D eigenvalue weighted by Gasteiger charge is -2.13. The molecule has 114 valence electrons. The van der Waals surface area contributed by atoms with Gasteiger partial charge in [-0.3, -0.25) is 0 Å². The molecule has 0 spiro atoms. The maximum atomic E-state index is 5.77. The van der Waals surface area contributed by atoms with Gasteiger partial charge in [-0.2, -0.15) is 0 Å². The van der Waals surface area contributed by atoms with E-state index in [2.05, 4.69) is 57.3 Å². The molecule has 0 aliphatic carbocycles. The first-order chi connectivity index (χ1) is 9.61. The van der Waals surface area contributed by atoms with Crippen LogP contribution in [0.25, 0.3) is 0 Å². The highest BCUT2D eigenvalue weighted by Gasteiger charge is 2.03. The van der Waals surface area contributed by atoms with Gasteiger partial charge in [0, 0.05) is 6.04 Å². The molecule has 1 aromatic carbocycles. The predicted molar refractivity (Wildman–Crippen MR) is 87.5 cm³/mol. The summed E-state index contributed by atoms with van der Waals surface area (Å²) in [6, 6.07) is 9.09. The number of ether oxygens (including phenoxy) is 1. The average molecular weight is 277 g/mol. The van der Waals surface area contributed by atoms with Crippen molar-refractivity contribution in [3.05, 3.63) is 29.8 Å². The Kier molecular flexibility index (Phi) is 8.36. The van der Waals surface area contributed by atoms with E-state index in [1.54, 1.807) is 0 Å². The van der Waals surface area contributed by atoms with Crippen LogP contribution >= 0.6 is 0 Å². The molecule has 0 heterocycles. The van der Waals surface area contributed by atoms with Crippen molar-refractivity contribution in [2.24, 2.45) is 5.92 Å². The lowest BCUT2D eigenvalue weighted by atomic mass is 10.1. The minimum Gasteiger partial charge on any atom is -0.494 e. The molecular formula is C18H31NO. The summed E-state index contributed by atoms with van der Waals surface area (Å²) in [5.41, 5.74) is 1.37. The summed E-state index contributed by atoms with van der Waals surface area (Å²) >= 11 is 0. The Labute approximate surface area is 124 Å². The van der Waals surface area contributed by atoms with Gasteiger partial charge in [0.2, 0.25) is 0 Å². The quantitative estimate of drug-likeness (QED) is 0.639. The number of rotatable bonds is 10. The smallest absolute Gasteiger partial charge is 0.119 e. The fraction of sp³-hybridized carbons (Fsp3) is 0.667. The Morgan fingerprint density at radius 3 is 2.40 bits per heavy atom. The molecule has 2 nitrogen and oxygen atoms in total. The fourth-order valence-corrected chi connectivity index (χ4v) is 2.22. The van der Waals surface area contributed by atoms with Gasteiger partial charge in [-0.1, -0.05) is 32.9 Å². The molecule has 0 radical (unpaired) electrons. The number of hydrogen-bond acceptors (Lipinski definition) is 2. The van der Waals surface area contributed by atoms with Gasteiger partial charge >= 0.3 is 0 Å². The third-order valence-electron chi connectivity index (χ3n) is 3.40. The van der Waals surface area contributed by atoms with E-state index in [0.29, 0.717) is 6.04 Å². The fourth-order valence-electron chi connectivity index (χ4n) is 2.22. The zero-order valence-corrected chi connectivity index (χ0v) is 13.6. The van der Waals surface area contributed by atoms with Crippen LogP contribution in [0.2, 0.25) is 0 Å². The summed E-state index contributed by atoms with van der Waals surface area (Å²) in [5.74, 6) is 1.75. The molecule has 2 heteroatoms. The van der Waals surface area contributed by atoms with Gasteiger partial charge in [0.15, 0.2) is 0 Å². The van der Waals surface area contributed by atoms with Crippen molar-refractivity contribution in [1.82, 2.24) is 5.32 Å². The normalized spacial score (nSPS) is 12.7. The summed E-state index contributed by atoms with van der Waals surface area (Å²) in [6.45, 7) is 10.9. The Hall–Kier alpha value is -1.02. The van der Waals surface area contributed by atoms with Crippen molar-refractivity contribution >= 4 is 0 Å². The van der Waals surface area contributed by atoms with Crippen molar-refractivity contribution in [3.63, 3.8) is 0 Å². The first-order valence-electron chi connectivity index (χ1n) is 8.07. The minimum atomic E-state index is 0.535. The van der Waals surface area contributed by atoms with Crippen LogP contribution < -0.4 is 10.1 Å². The number of nitrogens with one attached hydrogen (secondary N) is 1. The second-order valence-corrected chi connectivity index (χ2v) is 6.09. The molecule has 1 unspecified atom stereocenters. The Bertz CT molecular complexity index is 345. The highest BCUT2D eigenvalue weighted by molar-refractivity contribution is 5.27. The largest absolute Gasteiger partial charge is 0.494 e. The van der Waals surface area contributed by atoms with Crippen molar-refractivity contribution in [2.45, 2.75) is 59.4 Å². The lowest BCUT2D eigenvalue weighted by molar-refractivity contribution is 0.297. The van der Waals surface area contributed by atoms with Crippen LogP contribution in [0, 0.1) is 5.92 Å². The SMILES string of the molecule is CCCNC(C)Cc1ccc(OCCCC(C)C)cc1. The molecule has 20 heavy (non-hydrogen) atoms. The van der Waals surface area contributed by atoms with Gasteiger partial charge in [-0.25, -0.2) is 0 Å². The summed E-state index contributed by atoms with van der Waals surface area (Å²) < 4.78 is 5.77. The first-order valence-corrected chi connectivity index (χ1v) is 8.07. The lowest BCUT2D eigenvalue weighted by Crippen LogP contribution is -2.28. The zero-order valence-electron chi connectivity index (χ0n) is 13.6. The van der Waals surface area contributed by atoms with Gasteiger partial charge < -0.3 is 10.1 Å². The average Bonchev–Trinajstić information content (AvgIpc) is 2.43. The van der Waals surface area contributed by atoms with Crippen molar-refractivity contribution < 1.29 is 4.74 Å². The molecule has 0 aliphatic rings. The zero-order chi connectivity index (χ0) is 14.8. The van der Waals surface area contributed by atoms with Gasteiger partial charge in [0.1, 0.15) is 5.75 Å². The molecule has 0 fully saturated rings. The van der Waals surface area contributed by atoms with Crippen molar-refractivity contribution in [3.8, 4) is 5.75 Å². The molecule has 0 aromatic heterocycles. The van der Waals surface area contributed by atoms with Gasteiger partial charge in [-0.15, -0.1) is 0 Å². The second kappa shape index (κ2) is 9.82. The Morgan fingerprint density at radius 1 is 1.10 bits per heavy atom. The maximum Gasteiger partial charge on any atom is 0.119 e. The second-order valence-electron chi connectivity index (χ2n) is 6.09. The third-order valence-corrected chi connectivity index (χ3v) is 3.40. The van der Waals surface area contributed by atoms with E-state index in [1.807, 2.05) is 0 Å². The van der Waals surface area contributed by atoms with Crippen LogP contribution in [-0.2, 0) is 6.42 Å². The molecular weight excluding hydrogens is 246 g/mol. The number of hydrogen-bond donors (Lipinski definition) is 1. The van der Waals surface area contributed by atoms with Crippen LogP contribution in [0.1, 0.15) is 52.5 Å². The van der Waals surface area contributed by atoms with Crippen LogP contribution in [0.5, 0.6) is 5.75 Å². The molecule has 0 saturated heterocycles. The summed E-state index contributed by atoms with van der Waals surface area (Å²) in [4.78, 5) is 0. The monoisotopic (exact) mass is 277 g/mol. The van der Waals surface area contributed by atoms with E-state index in [-0.39, 0.29) is 0 Å². The van der Waals surface area contributed by atoms with E-state index in [9.17, 15) is 0 Å². The Balaban J connectivity index is 2.29. The minimum absolute atomic E-state index is 0.535. The van der Waals surface area contributed by atoms with Gasteiger partial charge in [-0.05, 0) is 62.8 Å². The predicted octanol–water partition coefficient (Wildman–Crippen LogP) is 4.43. The number of benzene rings is 1. The molecule has 1 atom stereocenters. The Morgan fingerprint density at radius 2 is 1.80 bits per heavy atom. The standard InChI is InChI=1S/C18H31NO/c1-5-12-19-16(4)14-17-8-10-18(11-9-17)20-13-6-7-15(2)3/h8-11,15-16,19H,5-7,12-14H2,1-4H3.